The molecule has 0 fully saturated rings. The van der Waals surface area contributed by atoms with E-state index in [0.717, 1.165) is 0 Å². The number of aromatic nitrogens is 2. The van der Waals surface area contributed by atoms with Crippen molar-refractivity contribution in [3.05, 3.63) is 12.4 Å². The highest BCUT2D eigenvalue weighted by Gasteiger charge is 2.19. The molecule has 0 aliphatic heterocycles. The predicted molar refractivity (Wildman–Crippen MR) is 50.3 cm³/mol. The fourth-order valence-corrected chi connectivity index (χ4v) is 0.914. The Bertz CT molecular complexity index is 332. The van der Waals surface area contributed by atoms with Gasteiger partial charge in [-0.25, -0.2) is 4.79 Å². The molecule has 0 atom stereocenters. The molecule has 0 saturated heterocycles. The lowest BCUT2D eigenvalue weighted by atomic mass is 10.1. The van der Waals surface area contributed by atoms with Gasteiger partial charge in [-0.3, -0.25) is 10.00 Å². The van der Waals surface area contributed by atoms with Gasteiger partial charge in [0.25, 0.3) is 0 Å². The van der Waals surface area contributed by atoms with Crippen LogP contribution in [0.25, 0.3) is 0 Å². The number of rotatable bonds is 3. The number of nitrogens with zero attached hydrogens (tertiary/aromatic N) is 2. The summed E-state index contributed by atoms with van der Waals surface area (Å²) < 4.78 is 1.51. The molecule has 0 saturated carbocycles. The number of anilines is 1. The first-order valence-electron chi connectivity index (χ1n) is 4.11. The van der Waals surface area contributed by atoms with Gasteiger partial charge in [0.2, 0.25) is 0 Å². The molecule has 1 rings (SSSR count). The first-order valence-corrected chi connectivity index (χ1v) is 4.11. The number of hydrogen-bond acceptors (Lipinski definition) is 3. The molecule has 0 spiro atoms. The van der Waals surface area contributed by atoms with Crippen LogP contribution in [0.4, 0.5) is 10.5 Å². The molecule has 1 aromatic rings. The molecule has 14 heavy (non-hydrogen) atoms. The summed E-state index contributed by atoms with van der Waals surface area (Å²) in [6.45, 7) is 3.52. The van der Waals surface area contributed by atoms with Crippen molar-refractivity contribution < 1.29 is 15.0 Å². The molecule has 0 aliphatic carbocycles. The maximum atomic E-state index is 10.3. The zero-order valence-electron chi connectivity index (χ0n) is 8.06. The maximum absolute atomic E-state index is 10.3. The number of amides is 1. The Morgan fingerprint density at radius 2 is 2.36 bits per heavy atom. The summed E-state index contributed by atoms with van der Waals surface area (Å²) in [5.74, 6) is 0. The van der Waals surface area contributed by atoms with Crippen LogP contribution in [0, 0.1) is 0 Å². The SMILES string of the molecule is CC(C)(CO)n1cc(NC(=O)O)cn1. The van der Waals surface area contributed by atoms with Crippen molar-refractivity contribution in [2.24, 2.45) is 0 Å². The third-order valence-electron chi connectivity index (χ3n) is 1.84. The molecule has 0 radical (unpaired) electrons. The van der Waals surface area contributed by atoms with E-state index >= 15 is 0 Å². The zero-order valence-corrected chi connectivity index (χ0v) is 8.06. The van der Waals surface area contributed by atoms with Crippen molar-refractivity contribution in [2.75, 3.05) is 11.9 Å². The van der Waals surface area contributed by atoms with Gasteiger partial charge < -0.3 is 10.2 Å². The molecular weight excluding hydrogens is 186 g/mol. The molecule has 6 nitrogen and oxygen atoms in total. The van der Waals surface area contributed by atoms with Gasteiger partial charge >= 0.3 is 6.09 Å². The summed E-state index contributed by atoms with van der Waals surface area (Å²) in [7, 11) is 0. The van der Waals surface area contributed by atoms with Gasteiger partial charge in [-0.05, 0) is 13.8 Å². The summed E-state index contributed by atoms with van der Waals surface area (Å²) in [4.78, 5) is 10.3. The van der Waals surface area contributed by atoms with Crippen LogP contribution in [-0.2, 0) is 5.54 Å². The van der Waals surface area contributed by atoms with Crippen LogP contribution < -0.4 is 5.32 Å². The van der Waals surface area contributed by atoms with Gasteiger partial charge in [0.1, 0.15) is 0 Å². The van der Waals surface area contributed by atoms with E-state index in [1.54, 1.807) is 13.8 Å². The molecule has 0 unspecified atom stereocenters. The summed E-state index contributed by atoms with van der Waals surface area (Å²) in [5.41, 5.74) is -0.141. The fourth-order valence-electron chi connectivity index (χ4n) is 0.914. The van der Waals surface area contributed by atoms with Gasteiger partial charge in [0, 0.05) is 6.20 Å². The van der Waals surface area contributed by atoms with Crippen molar-refractivity contribution in [2.45, 2.75) is 19.4 Å². The van der Waals surface area contributed by atoms with E-state index in [1.165, 1.54) is 17.1 Å². The second kappa shape index (κ2) is 3.67. The van der Waals surface area contributed by atoms with Crippen molar-refractivity contribution in [1.82, 2.24) is 9.78 Å². The molecular formula is C8H13N3O3. The van der Waals surface area contributed by atoms with E-state index in [0.29, 0.717) is 5.69 Å². The third-order valence-corrected chi connectivity index (χ3v) is 1.84. The molecule has 6 heteroatoms. The minimum atomic E-state index is -1.13. The van der Waals surface area contributed by atoms with Crippen molar-refractivity contribution in [3.8, 4) is 0 Å². The molecule has 0 bridgehead atoms. The number of aliphatic hydroxyl groups is 1. The van der Waals surface area contributed by atoms with Crippen LogP contribution in [-0.4, -0.2) is 32.7 Å². The number of hydrogen-bond donors (Lipinski definition) is 3. The summed E-state index contributed by atoms with van der Waals surface area (Å²) in [5, 5.41) is 23.6. The normalized spacial score (nSPS) is 11.4. The average molecular weight is 199 g/mol. The molecule has 1 amide bonds. The minimum Gasteiger partial charge on any atom is -0.465 e. The fraction of sp³-hybridized carbons (Fsp3) is 0.500. The Kier molecular flexibility index (Phi) is 2.76. The largest absolute Gasteiger partial charge is 0.465 e. The Morgan fingerprint density at radius 1 is 1.71 bits per heavy atom. The van der Waals surface area contributed by atoms with Gasteiger partial charge in [-0.15, -0.1) is 0 Å². The van der Waals surface area contributed by atoms with Gasteiger partial charge in [-0.1, -0.05) is 0 Å². The number of nitrogens with one attached hydrogen (secondary N) is 1. The maximum Gasteiger partial charge on any atom is 0.409 e. The van der Waals surface area contributed by atoms with Gasteiger partial charge in [0.15, 0.2) is 0 Å². The van der Waals surface area contributed by atoms with Crippen LogP contribution >= 0.6 is 0 Å². The van der Waals surface area contributed by atoms with Crippen LogP contribution in [0.1, 0.15) is 13.8 Å². The van der Waals surface area contributed by atoms with Crippen LogP contribution in [0.15, 0.2) is 12.4 Å². The summed E-state index contributed by atoms with van der Waals surface area (Å²) in [6, 6.07) is 0. The predicted octanol–water partition coefficient (Wildman–Crippen LogP) is 0.700. The van der Waals surface area contributed by atoms with Crippen molar-refractivity contribution in [3.63, 3.8) is 0 Å². The van der Waals surface area contributed by atoms with Gasteiger partial charge in [0.05, 0.1) is 24.0 Å². The number of aliphatic hydroxyl groups excluding tert-OH is 1. The Morgan fingerprint density at radius 3 is 2.86 bits per heavy atom. The number of carbonyl (C=O) groups is 1. The van der Waals surface area contributed by atoms with Crippen LogP contribution in [0.5, 0.6) is 0 Å². The summed E-state index contributed by atoms with van der Waals surface area (Å²) >= 11 is 0. The van der Waals surface area contributed by atoms with Crippen LogP contribution in [0.3, 0.4) is 0 Å². The van der Waals surface area contributed by atoms with Crippen LogP contribution in [0.2, 0.25) is 0 Å². The van der Waals surface area contributed by atoms with E-state index < -0.39 is 11.6 Å². The molecule has 78 valence electrons. The smallest absolute Gasteiger partial charge is 0.409 e. The van der Waals surface area contributed by atoms with E-state index in [2.05, 4.69) is 10.4 Å². The zero-order chi connectivity index (χ0) is 10.8. The molecule has 0 aromatic carbocycles. The lowest BCUT2D eigenvalue weighted by molar-refractivity contribution is 0.152. The Balaban J connectivity index is 2.82. The Labute approximate surface area is 81.2 Å². The number of carboxylic acid groups (broad SMARTS) is 1. The van der Waals surface area contributed by atoms with E-state index in [-0.39, 0.29) is 6.61 Å². The highest BCUT2D eigenvalue weighted by atomic mass is 16.4. The highest BCUT2D eigenvalue weighted by Crippen LogP contribution is 2.15. The average Bonchev–Trinajstić information content (AvgIpc) is 2.52. The Hall–Kier alpha value is -1.56. The van der Waals surface area contributed by atoms with E-state index in [4.69, 9.17) is 10.2 Å². The first-order chi connectivity index (χ1) is 6.45. The monoisotopic (exact) mass is 199 g/mol. The first kappa shape index (κ1) is 10.5. The molecule has 0 aliphatic rings. The van der Waals surface area contributed by atoms with Crippen molar-refractivity contribution in [1.29, 1.82) is 0 Å². The second-order valence-electron chi connectivity index (χ2n) is 3.57. The second-order valence-corrected chi connectivity index (χ2v) is 3.57. The minimum absolute atomic E-state index is 0.0683. The quantitative estimate of drug-likeness (QED) is 0.668. The lowest BCUT2D eigenvalue weighted by Gasteiger charge is -2.21. The lowest BCUT2D eigenvalue weighted by Crippen LogP contribution is -2.30. The highest BCUT2D eigenvalue weighted by molar-refractivity contribution is 5.82. The standard InChI is InChI=1S/C8H13N3O3/c1-8(2,5-12)11-4-6(3-9-11)10-7(13)14/h3-4,10,12H,5H2,1-2H3,(H,13,14). The van der Waals surface area contributed by atoms with E-state index in [9.17, 15) is 4.79 Å². The third kappa shape index (κ3) is 2.23. The summed E-state index contributed by atoms with van der Waals surface area (Å²) in [6.07, 6.45) is 1.79. The van der Waals surface area contributed by atoms with Gasteiger partial charge in [-0.2, -0.15) is 5.10 Å². The topological polar surface area (TPSA) is 87.4 Å². The van der Waals surface area contributed by atoms with Crippen molar-refractivity contribution >= 4 is 11.8 Å². The molecule has 1 aromatic heterocycles. The van der Waals surface area contributed by atoms with E-state index in [1.807, 2.05) is 0 Å². The molecule has 1 heterocycles. The molecule has 3 N–H and O–H groups in total.